The average Bonchev–Trinajstić information content (AvgIpc) is 3.24. The third kappa shape index (κ3) is 5.21. The van der Waals surface area contributed by atoms with Crippen molar-refractivity contribution in [2.45, 2.75) is 23.8 Å². The molecule has 1 N–H and O–H groups in total. The van der Waals surface area contributed by atoms with Crippen molar-refractivity contribution >= 4 is 23.4 Å². The van der Waals surface area contributed by atoms with Gasteiger partial charge in [0.1, 0.15) is 5.82 Å². The molecular formula is C21H21FN4O2S. The van der Waals surface area contributed by atoms with Gasteiger partial charge in [0.15, 0.2) is 5.69 Å². The van der Waals surface area contributed by atoms with E-state index in [0.717, 1.165) is 43.1 Å². The first-order valence-corrected chi connectivity index (χ1v) is 10.5. The number of carbonyl (C=O) groups is 1. The number of rotatable bonds is 6. The van der Waals surface area contributed by atoms with Gasteiger partial charge < -0.3 is 10.1 Å². The second-order valence-electron chi connectivity index (χ2n) is 6.80. The number of nitrogens with one attached hydrogen (secondary N) is 1. The van der Waals surface area contributed by atoms with Gasteiger partial charge >= 0.3 is 0 Å². The molecule has 0 saturated carbocycles. The van der Waals surface area contributed by atoms with Gasteiger partial charge in [0.25, 0.3) is 5.91 Å². The number of hydrogen-bond donors (Lipinski definition) is 1. The van der Waals surface area contributed by atoms with E-state index in [0.29, 0.717) is 10.9 Å². The molecule has 8 heteroatoms. The van der Waals surface area contributed by atoms with Crippen molar-refractivity contribution in [1.29, 1.82) is 0 Å². The van der Waals surface area contributed by atoms with Crippen LogP contribution in [0, 0.1) is 5.82 Å². The number of benzene rings is 2. The minimum absolute atomic E-state index is 0.191. The fourth-order valence-corrected chi connectivity index (χ4v) is 4.21. The van der Waals surface area contributed by atoms with Gasteiger partial charge in [-0.3, -0.25) is 4.79 Å². The van der Waals surface area contributed by atoms with Gasteiger partial charge in [-0.1, -0.05) is 17.3 Å². The van der Waals surface area contributed by atoms with Crippen LogP contribution in [0.5, 0.6) is 0 Å². The summed E-state index contributed by atoms with van der Waals surface area (Å²) in [5.74, 6) is 0.226. The number of amides is 1. The summed E-state index contributed by atoms with van der Waals surface area (Å²) in [5, 5.41) is 11.4. The summed E-state index contributed by atoms with van der Waals surface area (Å²) < 4.78 is 19.9. The van der Waals surface area contributed by atoms with Gasteiger partial charge in [-0.2, -0.15) is 11.8 Å². The predicted octanol–water partition coefficient (Wildman–Crippen LogP) is 4.07. The fourth-order valence-electron chi connectivity index (χ4n) is 3.08. The Labute approximate surface area is 172 Å². The van der Waals surface area contributed by atoms with E-state index < -0.39 is 0 Å². The van der Waals surface area contributed by atoms with E-state index >= 15 is 0 Å². The van der Waals surface area contributed by atoms with Gasteiger partial charge in [-0.25, -0.2) is 9.07 Å². The van der Waals surface area contributed by atoms with Gasteiger partial charge in [-0.15, -0.1) is 5.10 Å². The SMILES string of the molecule is O=C(Nc1cccc(CSC2CCOCC2)c1)c1cn(-c2ccc(F)cc2)nn1. The molecule has 0 bridgehead atoms. The van der Waals surface area contributed by atoms with Gasteiger partial charge in [0.2, 0.25) is 0 Å². The normalized spacial score (nSPS) is 14.7. The Balaban J connectivity index is 1.37. The van der Waals surface area contributed by atoms with Crippen LogP contribution in [0.4, 0.5) is 10.1 Å². The molecule has 2 aromatic carbocycles. The molecule has 1 amide bonds. The summed E-state index contributed by atoms with van der Waals surface area (Å²) in [6.07, 6.45) is 3.70. The molecular weight excluding hydrogens is 391 g/mol. The van der Waals surface area contributed by atoms with Gasteiger partial charge in [-0.05, 0) is 54.8 Å². The van der Waals surface area contributed by atoms with E-state index in [2.05, 4.69) is 21.7 Å². The number of nitrogens with zero attached hydrogens (tertiary/aromatic N) is 3. The number of thioether (sulfide) groups is 1. The highest BCUT2D eigenvalue weighted by Gasteiger charge is 2.15. The van der Waals surface area contributed by atoms with E-state index in [1.165, 1.54) is 23.0 Å². The molecule has 1 aromatic heterocycles. The van der Waals surface area contributed by atoms with Crippen LogP contribution in [0.25, 0.3) is 5.69 Å². The quantitative estimate of drug-likeness (QED) is 0.661. The highest BCUT2D eigenvalue weighted by molar-refractivity contribution is 7.99. The number of aromatic nitrogens is 3. The van der Waals surface area contributed by atoms with Crippen molar-refractivity contribution < 1.29 is 13.9 Å². The third-order valence-corrected chi connectivity index (χ3v) is 6.10. The summed E-state index contributed by atoms with van der Waals surface area (Å²) in [6.45, 7) is 1.68. The zero-order valence-electron chi connectivity index (χ0n) is 15.8. The van der Waals surface area contributed by atoms with Gasteiger partial charge in [0.05, 0.1) is 11.9 Å². The molecule has 0 aliphatic carbocycles. The topological polar surface area (TPSA) is 69.0 Å². The monoisotopic (exact) mass is 412 g/mol. The third-order valence-electron chi connectivity index (χ3n) is 4.66. The zero-order valence-corrected chi connectivity index (χ0v) is 16.6. The summed E-state index contributed by atoms with van der Waals surface area (Å²) in [7, 11) is 0. The Hall–Kier alpha value is -2.71. The maximum atomic E-state index is 13.1. The molecule has 0 radical (unpaired) electrons. The minimum Gasteiger partial charge on any atom is -0.381 e. The van der Waals surface area contributed by atoms with Crippen molar-refractivity contribution in [2.75, 3.05) is 18.5 Å². The first kappa shape index (κ1) is 19.6. The molecule has 0 spiro atoms. The lowest BCUT2D eigenvalue weighted by molar-refractivity contribution is 0.0999. The first-order valence-electron chi connectivity index (χ1n) is 9.45. The summed E-state index contributed by atoms with van der Waals surface area (Å²) in [4.78, 5) is 12.5. The zero-order chi connectivity index (χ0) is 20.1. The van der Waals surface area contributed by atoms with E-state index in [1.807, 2.05) is 30.0 Å². The molecule has 6 nitrogen and oxygen atoms in total. The van der Waals surface area contributed by atoms with Crippen LogP contribution in [0.3, 0.4) is 0 Å². The second-order valence-corrected chi connectivity index (χ2v) is 8.09. The summed E-state index contributed by atoms with van der Waals surface area (Å²) in [6, 6.07) is 13.6. The largest absolute Gasteiger partial charge is 0.381 e. The Morgan fingerprint density at radius 3 is 2.79 bits per heavy atom. The second kappa shape index (κ2) is 9.19. The van der Waals surface area contributed by atoms with E-state index in [9.17, 15) is 9.18 Å². The van der Waals surface area contributed by atoms with Crippen LogP contribution in [0.15, 0.2) is 54.7 Å². The molecule has 1 saturated heterocycles. The number of ether oxygens (including phenoxy) is 1. The molecule has 4 rings (SSSR count). The highest BCUT2D eigenvalue weighted by atomic mass is 32.2. The van der Waals surface area contributed by atoms with Crippen molar-refractivity contribution in [3.05, 3.63) is 71.8 Å². The van der Waals surface area contributed by atoms with Crippen LogP contribution in [-0.4, -0.2) is 39.4 Å². The predicted molar refractivity (Wildman–Crippen MR) is 111 cm³/mol. The van der Waals surface area contributed by atoms with E-state index in [4.69, 9.17) is 4.74 Å². The lowest BCUT2D eigenvalue weighted by Gasteiger charge is -2.21. The first-order chi connectivity index (χ1) is 14.2. The maximum Gasteiger partial charge on any atom is 0.277 e. The summed E-state index contributed by atoms with van der Waals surface area (Å²) in [5.41, 5.74) is 2.70. The molecule has 29 heavy (non-hydrogen) atoms. The number of carbonyl (C=O) groups excluding carboxylic acids is 1. The molecule has 0 atom stereocenters. The molecule has 1 aliphatic heterocycles. The van der Waals surface area contributed by atoms with E-state index in [1.54, 1.807) is 12.1 Å². The Morgan fingerprint density at radius 2 is 2.00 bits per heavy atom. The maximum absolute atomic E-state index is 13.1. The van der Waals surface area contributed by atoms with Crippen molar-refractivity contribution in [3.63, 3.8) is 0 Å². The Morgan fingerprint density at radius 1 is 1.21 bits per heavy atom. The molecule has 1 fully saturated rings. The number of halogens is 1. The molecule has 0 unspecified atom stereocenters. The van der Waals surface area contributed by atoms with Gasteiger partial charge in [0, 0.05) is 29.9 Å². The smallest absolute Gasteiger partial charge is 0.277 e. The van der Waals surface area contributed by atoms with Crippen LogP contribution < -0.4 is 5.32 Å². The van der Waals surface area contributed by atoms with E-state index in [-0.39, 0.29) is 17.4 Å². The van der Waals surface area contributed by atoms with Crippen LogP contribution in [0.2, 0.25) is 0 Å². The average molecular weight is 412 g/mol. The lowest BCUT2D eigenvalue weighted by atomic mass is 10.2. The fraction of sp³-hybridized carbons (Fsp3) is 0.286. The van der Waals surface area contributed by atoms with Crippen molar-refractivity contribution in [2.24, 2.45) is 0 Å². The van der Waals surface area contributed by atoms with Crippen molar-refractivity contribution in [1.82, 2.24) is 15.0 Å². The molecule has 2 heterocycles. The van der Waals surface area contributed by atoms with Crippen molar-refractivity contribution in [3.8, 4) is 5.69 Å². The van der Waals surface area contributed by atoms with Crippen LogP contribution >= 0.6 is 11.8 Å². The number of anilines is 1. The lowest BCUT2D eigenvalue weighted by Crippen LogP contribution is -2.17. The summed E-state index contributed by atoms with van der Waals surface area (Å²) >= 11 is 1.93. The Kier molecular flexibility index (Phi) is 6.21. The van der Waals surface area contributed by atoms with Crippen LogP contribution in [-0.2, 0) is 10.5 Å². The molecule has 150 valence electrons. The Bertz CT molecular complexity index is 971. The molecule has 3 aromatic rings. The molecule has 1 aliphatic rings. The standard InChI is InChI=1S/C21H21FN4O2S/c22-16-4-6-18(7-5-16)26-13-20(24-25-26)21(27)23-17-3-1-2-15(12-17)14-29-19-8-10-28-11-9-19/h1-7,12-13,19H,8-11,14H2,(H,23,27). The van der Waals surface area contributed by atoms with Crippen LogP contribution in [0.1, 0.15) is 28.9 Å². The highest BCUT2D eigenvalue weighted by Crippen LogP contribution is 2.26. The number of hydrogen-bond acceptors (Lipinski definition) is 5. The minimum atomic E-state index is -0.340.